The third kappa shape index (κ3) is 7.74. The number of halogens is 1. The number of carbonyl (C=O) groups excluding carboxylic acids is 3. The molecule has 0 bridgehead atoms. The fourth-order valence-corrected chi connectivity index (χ4v) is 3.60. The summed E-state index contributed by atoms with van der Waals surface area (Å²) in [6, 6.07) is 11.0. The van der Waals surface area contributed by atoms with E-state index in [0.717, 1.165) is 18.4 Å². The maximum absolute atomic E-state index is 12.3. The van der Waals surface area contributed by atoms with Gasteiger partial charge in [-0.05, 0) is 84.7 Å². The normalized spacial score (nSPS) is 12.8. The van der Waals surface area contributed by atoms with Crippen molar-refractivity contribution < 1.29 is 23.9 Å². The number of hydrogen-bond donors (Lipinski definition) is 3. The molecule has 33 heavy (non-hydrogen) atoms. The minimum atomic E-state index is -0.822. The smallest absolute Gasteiger partial charge is 0.329 e. The number of amides is 3. The summed E-state index contributed by atoms with van der Waals surface area (Å²) in [7, 11) is 0. The van der Waals surface area contributed by atoms with Gasteiger partial charge in [0.2, 0.25) is 0 Å². The molecule has 2 aromatic rings. The molecule has 0 radical (unpaired) electrons. The van der Waals surface area contributed by atoms with Crippen molar-refractivity contribution in [3.63, 3.8) is 0 Å². The van der Waals surface area contributed by atoms with Crippen LogP contribution in [0.2, 0.25) is 0 Å². The highest BCUT2D eigenvalue weighted by Gasteiger charge is 2.26. The van der Waals surface area contributed by atoms with Gasteiger partial charge < -0.3 is 20.1 Å². The Labute approximate surface area is 205 Å². The Morgan fingerprint density at radius 1 is 1.15 bits per heavy atom. The van der Waals surface area contributed by atoms with Crippen molar-refractivity contribution in [3.8, 4) is 11.5 Å². The van der Waals surface area contributed by atoms with Crippen LogP contribution in [0.1, 0.15) is 30.9 Å². The SMILES string of the molecule is CCOc1cc(/C=N\NC(=O)C(=O)NC2CC2)cc(I)c1OCC(=O)Nc1cccc(C)c1. The van der Waals surface area contributed by atoms with E-state index in [1.807, 2.05) is 38.1 Å². The van der Waals surface area contributed by atoms with E-state index in [9.17, 15) is 14.4 Å². The molecule has 2 aromatic carbocycles. The largest absolute Gasteiger partial charge is 0.490 e. The fraction of sp³-hybridized carbons (Fsp3) is 0.304. The van der Waals surface area contributed by atoms with Gasteiger partial charge in [0.05, 0.1) is 16.4 Å². The first-order valence-corrected chi connectivity index (χ1v) is 11.5. The minimum absolute atomic E-state index is 0.0917. The lowest BCUT2D eigenvalue weighted by Gasteiger charge is -2.14. The van der Waals surface area contributed by atoms with Crippen LogP contribution in [0.4, 0.5) is 5.69 Å². The molecule has 10 heteroatoms. The third-order valence-corrected chi connectivity index (χ3v) is 5.28. The average molecular weight is 564 g/mol. The first-order chi connectivity index (χ1) is 15.9. The standard InChI is InChI=1S/C23H25IN4O5/c1-3-32-19-11-15(12-25-28-23(31)22(30)27-16-7-8-16)10-18(24)21(19)33-13-20(29)26-17-6-4-5-14(2)9-17/h4-6,9-12,16H,3,7-8,13H2,1-2H3,(H,26,29)(H,27,30)(H,28,31)/b25-12-. The number of nitrogens with one attached hydrogen (secondary N) is 3. The summed E-state index contributed by atoms with van der Waals surface area (Å²) in [4.78, 5) is 35.7. The molecule has 0 aliphatic heterocycles. The van der Waals surface area contributed by atoms with Crippen molar-refractivity contribution in [2.75, 3.05) is 18.5 Å². The highest BCUT2D eigenvalue weighted by atomic mass is 127. The second-order valence-corrected chi connectivity index (χ2v) is 8.58. The molecule has 0 aromatic heterocycles. The number of nitrogens with zero attached hydrogens (tertiary/aromatic N) is 1. The van der Waals surface area contributed by atoms with Gasteiger partial charge in [-0.25, -0.2) is 5.43 Å². The maximum Gasteiger partial charge on any atom is 0.329 e. The van der Waals surface area contributed by atoms with Crippen molar-refractivity contribution in [2.24, 2.45) is 5.10 Å². The lowest BCUT2D eigenvalue weighted by atomic mass is 10.2. The van der Waals surface area contributed by atoms with E-state index in [0.29, 0.717) is 32.9 Å². The molecule has 1 fully saturated rings. The summed E-state index contributed by atoms with van der Waals surface area (Å²) in [6.45, 7) is 3.98. The summed E-state index contributed by atoms with van der Waals surface area (Å²) in [5.41, 5.74) is 4.57. The summed E-state index contributed by atoms with van der Waals surface area (Å²) in [5, 5.41) is 9.23. The number of carbonyl (C=O) groups is 3. The van der Waals surface area contributed by atoms with Crippen LogP contribution in [0.5, 0.6) is 11.5 Å². The van der Waals surface area contributed by atoms with Gasteiger partial charge in [-0.15, -0.1) is 0 Å². The molecule has 3 amide bonds. The van der Waals surface area contributed by atoms with Gasteiger partial charge in [0.15, 0.2) is 18.1 Å². The molecular weight excluding hydrogens is 539 g/mol. The Kier molecular flexibility index (Phi) is 8.64. The van der Waals surface area contributed by atoms with Crippen LogP contribution >= 0.6 is 22.6 Å². The van der Waals surface area contributed by atoms with Crippen LogP contribution in [-0.2, 0) is 14.4 Å². The zero-order chi connectivity index (χ0) is 23.8. The topological polar surface area (TPSA) is 118 Å². The lowest BCUT2D eigenvalue weighted by molar-refractivity contribution is -0.139. The van der Waals surface area contributed by atoms with Gasteiger partial charge in [0.25, 0.3) is 5.91 Å². The van der Waals surface area contributed by atoms with Gasteiger partial charge in [-0.2, -0.15) is 5.10 Å². The van der Waals surface area contributed by atoms with Crippen LogP contribution in [-0.4, -0.2) is 43.2 Å². The summed E-state index contributed by atoms with van der Waals surface area (Å²) in [6.07, 6.45) is 3.19. The quantitative estimate of drug-likeness (QED) is 0.188. The van der Waals surface area contributed by atoms with Crippen molar-refractivity contribution in [1.29, 1.82) is 0 Å². The summed E-state index contributed by atoms with van der Waals surface area (Å²) in [5.74, 6) is -0.949. The average Bonchev–Trinajstić information content (AvgIpc) is 3.57. The number of anilines is 1. The number of rotatable bonds is 9. The number of aryl methyl sites for hydroxylation is 1. The molecule has 3 rings (SSSR count). The maximum atomic E-state index is 12.3. The second kappa shape index (κ2) is 11.6. The lowest BCUT2D eigenvalue weighted by Crippen LogP contribution is -2.38. The van der Waals surface area contributed by atoms with Crippen molar-refractivity contribution in [2.45, 2.75) is 32.7 Å². The summed E-state index contributed by atoms with van der Waals surface area (Å²) < 4.78 is 12.1. The zero-order valence-electron chi connectivity index (χ0n) is 18.3. The Hall–Kier alpha value is -3.15. The van der Waals surface area contributed by atoms with Crippen LogP contribution < -0.4 is 25.5 Å². The number of hydrazone groups is 1. The first-order valence-electron chi connectivity index (χ1n) is 10.4. The monoisotopic (exact) mass is 564 g/mol. The van der Waals surface area contributed by atoms with Gasteiger partial charge in [-0.3, -0.25) is 14.4 Å². The molecule has 0 atom stereocenters. The molecule has 1 saturated carbocycles. The van der Waals surface area contributed by atoms with E-state index in [1.54, 1.807) is 12.1 Å². The molecule has 0 spiro atoms. The van der Waals surface area contributed by atoms with E-state index in [4.69, 9.17) is 9.47 Å². The number of hydrogen-bond acceptors (Lipinski definition) is 6. The predicted molar refractivity (Wildman–Crippen MR) is 133 cm³/mol. The third-order valence-electron chi connectivity index (χ3n) is 4.48. The highest BCUT2D eigenvalue weighted by molar-refractivity contribution is 14.1. The van der Waals surface area contributed by atoms with Crippen LogP contribution in [0, 0.1) is 10.5 Å². The van der Waals surface area contributed by atoms with E-state index < -0.39 is 11.8 Å². The molecular formula is C23H25IN4O5. The Balaban J connectivity index is 1.61. The summed E-state index contributed by atoms with van der Waals surface area (Å²) >= 11 is 2.07. The molecule has 0 unspecified atom stereocenters. The highest BCUT2D eigenvalue weighted by Crippen LogP contribution is 2.34. The molecule has 0 heterocycles. The first kappa shape index (κ1) is 24.5. The molecule has 1 aliphatic carbocycles. The van der Waals surface area contributed by atoms with Crippen molar-refractivity contribution >= 4 is 52.2 Å². The predicted octanol–water partition coefficient (Wildman–Crippen LogP) is 2.74. The molecule has 9 nitrogen and oxygen atoms in total. The fourth-order valence-electron chi connectivity index (χ4n) is 2.82. The van der Waals surface area contributed by atoms with E-state index >= 15 is 0 Å². The van der Waals surface area contributed by atoms with Crippen LogP contribution in [0.25, 0.3) is 0 Å². The Morgan fingerprint density at radius 3 is 2.64 bits per heavy atom. The van der Waals surface area contributed by atoms with Crippen molar-refractivity contribution in [3.05, 3.63) is 51.1 Å². The molecule has 3 N–H and O–H groups in total. The van der Waals surface area contributed by atoms with Crippen molar-refractivity contribution in [1.82, 2.24) is 10.7 Å². The Morgan fingerprint density at radius 2 is 1.94 bits per heavy atom. The van der Waals surface area contributed by atoms with Gasteiger partial charge >= 0.3 is 11.8 Å². The zero-order valence-corrected chi connectivity index (χ0v) is 20.5. The Bertz CT molecular complexity index is 1070. The number of ether oxygens (including phenoxy) is 2. The second-order valence-electron chi connectivity index (χ2n) is 7.42. The van der Waals surface area contributed by atoms with E-state index in [-0.39, 0.29) is 18.6 Å². The molecule has 174 valence electrons. The van der Waals surface area contributed by atoms with Gasteiger partial charge in [-0.1, -0.05) is 12.1 Å². The van der Waals surface area contributed by atoms with Crippen LogP contribution in [0.3, 0.4) is 0 Å². The minimum Gasteiger partial charge on any atom is -0.490 e. The molecule has 0 saturated heterocycles. The molecule has 1 aliphatic rings. The van der Waals surface area contributed by atoms with Gasteiger partial charge in [0, 0.05) is 11.7 Å². The van der Waals surface area contributed by atoms with Crippen LogP contribution in [0.15, 0.2) is 41.5 Å². The van der Waals surface area contributed by atoms with E-state index in [2.05, 4.69) is 43.8 Å². The van der Waals surface area contributed by atoms with Gasteiger partial charge in [0.1, 0.15) is 0 Å². The number of benzene rings is 2. The van der Waals surface area contributed by atoms with E-state index in [1.165, 1.54) is 6.21 Å².